The van der Waals surface area contributed by atoms with E-state index in [1.807, 2.05) is 24.3 Å². The summed E-state index contributed by atoms with van der Waals surface area (Å²) in [5.41, 5.74) is 0.948. The molecule has 0 saturated heterocycles. The van der Waals surface area contributed by atoms with Crippen LogP contribution in [0, 0.1) is 0 Å². The van der Waals surface area contributed by atoms with E-state index in [2.05, 4.69) is 4.72 Å². The lowest BCUT2D eigenvalue weighted by atomic mass is 10.3. The fourth-order valence-corrected chi connectivity index (χ4v) is 1.90. The number of aliphatic carboxylic acids is 1. The standard InChI is InChI=1S/C12H15NO3S/c1-8(2)11(12(14)15)13-17-10-6-4-9(16-3)5-7-10/h4-7,13H,1-3H3,(H,14,15). The molecular weight excluding hydrogens is 238 g/mol. The number of allylic oxidation sites excluding steroid dienone is 1. The number of hydrogen-bond donors (Lipinski definition) is 2. The van der Waals surface area contributed by atoms with Crippen LogP contribution in [0.15, 0.2) is 40.4 Å². The van der Waals surface area contributed by atoms with E-state index in [1.165, 1.54) is 11.9 Å². The molecule has 0 aliphatic rings. The van der Waals surface area contributed by atoms with Gasteiger partial charge in [0, 0.05) is 4.90 Å². The van der Waals surface area contributed by atoms with Gasteiger partial charge in [-0.2, -0.15) is 0 Å². The smallest absolute Gasteiger partial charge is 0.352 e. The number of methoxy groups -OCH3 is 1. The first kappa shape index (κ1) is 13.4. The lowest BCUT2D eigenvalue weighted by Gasteiger charge is -2.08. The van der Waals surface area contributed by atoms with Gasteiger partial charge in [-0.05, 0) is 55.6 Å². The summed E-state index contributed by atoms with van der Waals surface area (Å²) < 4.78 is 7.87. The molecule has 0 radical (unpaired) electrons. The van der Waals surface area contributed by atoms with E-state index in [0.717, 1.165) is 16.2 Å². The second kappa shape index (κ2) is 6.20. The van der Waals surface area contributed by atoms with Crippen LogP contribution in [0.2, 0.25) is 0 Å². The van der Waals surface area contributed by atoms with Gasteiger partial charge in [-0.25, -0.2) is 4.79 Å². The monoisotopic (exact) mass is 253 g/mol. The summed E-state index contributed by atoms with van der Waals surface area (Å²) in [6.07, 6.45) is 0. The number of benzene rings is 1. The molecule has 1 aromatic rings. The highest BCUT2D eigenvalue weighted by Crippen LogP contribution is 2.20. The lowest BCUT2D eigenvalue weighted by molar-refractivity contribution is -0.132. The van der Waals surface area contributed by atoms with Crippen molar-refractivity contribution in [3.05, 3.63) is 35.5 Å². The number of carboxylic acid groups (broad SMARTS) is 1. The first-order valence-electron chi connectivity index (χ1n) is 5.02. The molecule has 0 amide bonds. The summed E-state index contributed by atoms with van der Waals surface area (Å²) in [6.45, 7) is 3.51. The highest BCUT2D eigenvalue weighted by atomic mass is 32.2. The fourth-order valence-electron chi connectivity index (χ4n) is 1.11. The van der Waals surface area contributed by atoms with E-state index in [-0.39, 0.29) is 5.70 Å². The third-order valence-corrected chi connectivity index (χ3v) is 2.86. The van der Waals surface area contributed by atoms with Crippen molar-refractivity contribution < 1.29 is 14.6 Å². The van der Waals surface area contributed by atoms with E-state index in [9.17, 15) is 4.79 Å². The predicted octanol–water partition coefficient (Wildman–Crippen LogP) is 2.67. The van der Waals surface area contributed by atoms with Crippen LogP contribution < -0.4 is 9.46 Å². The third-order valence-electron chi connectivity index (χ3n) is 2.04. The minimum atomic E-state index is -0.953. The van der Waals surface area contributed by atoms with E-state index >= 15 is 0 Å². The number of ether oxygens (including phenoxy) is 1. The largest absolute Gasteiger partial charge is 0.497 e. The Balaban J connectivity index is 2.66. The van der Waals surface area contributed by atoms with Gasteiger partial charge in [0.15, 0.2) is 0 Å². The Bertz CT molecular complexity index is 422. The summed E-state index contributed by atoms with van der Waals surface area (Å²) in [7, 11) is 1.60. The average molecular weight is 253 g/mol. The minimum absolute atomic E-state index is 0.214. The summed E-state index contributed by atoms with van der Waals surface area (Å²) in [5.74, 6) is -0.180. The normalized spacial score (nSPS) is 9.59. The molecule has 1 rings (SSSR count). The summed E-state index contributed by atoms with van der Waals surface area (Å²) in [5, 5.41) is 8.95. The van der Waals surface area contributed by atoms with Crippen LogP contribution >= 0.6 is 11.9 Å². The topological polar surface area (TPSA) is 58.6 Å². The van der Waals surface area contributed by atoms with Crippen LogP contribution in [0.25, 0.3) is 0 Å². The van der Waals surface area contributed by atoms with E-state index in [4.69, 9.17) is 9.84 Å². The van der Waals surface area contributed by atoms with Crippen molar-refractivity contribution in [1.82, 2.24) is 4.72 Å². The number of hydrogen-bond acceptors (Lipinski definition) is 4. The van der Waals surface area contributed by atoms with Crippen LogP contribution in [0.3, 0.4) is 0 Å². The van der Waals surface area contributed by atoms with Crippen molar-refractivity contribution in [1.29, 1.82) is 0 Å². The number of nitrogens with one attached hydrogen (secondary N) is 1. The predicted molar refractivity (Wildman–Crippen MR) is 68.0 cm³/mol. The first-order valence-corrected chi connectivity index (χ1v) is 5.84. The molecule has 92 valence electrons. The van der Waals surface area contributed by atoms with Gasteiger partial charge in [-0.15, -0.1) is 0 Å². The Hall–Kier alpha value is -1.62. The highest BCUT2D eigenvalue weighted by Gasteiger charge is 2.08. The number of carboxylic acids is 1. The molecule has 5 heteroatoms. The Morgan fingerprint density at radius 3 is 2.29 bits per heavy atom. The highest BCUT2D eigenvalue weighted by molar-refractivity contribution is 7.97. The molecule has 0 saturated carbocycles. The van der Waals surface area contributed by atoms with Gasteiger partial charge >= 0.3 is 5.97 Å². The average Bonchev–Trinajstić information content (AvgIpc) is 2.29. The summed E-state index contributed by atoms with van der Waals surface area (Å²) >= 11 is 1.26. The second-order valence-electron chi connectivity index (χ2n) is 3.56. The van der Waals surface area contributed by atoms with Gasteiger partial charge in [0.1, 0.15) is 11.4 Å². The summed E-state index contributed by atoms with van der Waals surface area (Å²) in [6, 6.07) is 7.38. The maximum Gasteiger partial charge on any atom is 0.352 e. The quantitative estimate of drug-likeness (QED) is 0.624. The van der Waals surface area contributed by atoms with Crippen LogP contribution in [-0.2, 0) is 4.79 Å². The van der Waals surface area contributed by atoms with Gasteiger partial charge in [0.2, 0.25) is 0 Å². The fraction of sp³-hybridized carbons (Fsp3) is 0.250. The summed E-state index contributed by atoms with van der Waals surface area (Å²) in [4.78, 5) is 11.8. The zero-order chi connectivity index (χ0) is 12.8. The molecule has 0 heterocycles. The molecule has 17 heavy (non-hydrogen) atoms. The maximum absolute atomic E-state index is 10.9. The first-order chi connectivity index (χ1) is 8.04. The minimum Gasteiger partial charge on any atom is -0.497 e. The SMILES string of the molecule is COc1ccc(SNC(C(=O)O)=C(C)C)cc1. The van der Waals surface area contributed by atoms with Gasteiger partial charge in [-0.1, -0.05) is 0 Å². The van der Waals surface area contributed by atoms with E-state index < -0.39 is 5.97 Å². The Labute approximate surface area is 105 Å². The van der Waals surface area contributed by atoms with Crippen LogP contribution in [0.1, 0.15) is 13.8 Å². The van der Waals surface area contributed by atoms with Gasteiger partial charge in [0.25, 0.3) is 0 Å². The number of carbonyl (C=O) groups is 1. The molecule has 0 aromatic heterocycles. The van der Waals surface area contributed by atoms with Crippen LogP contribution in [0.4, 0.5) is 0 Å². The molecule has 0 bridgehead atoms. The lowest BCUT2D eigenvalue weighted by Crippen LogP contribution is -2.14. The molecule has 0 atom stereocenters. The van der Waals surface area contributed by atoms with Gasteiger partial charge < -0.3 is 14.6 Å². The molecule has 0 fully saturated rings. The van der Waals surface area contributed by atoms with Crippen molar-refractivity contribution in [3.8, 4) is 5.75 Å². The zero-order valence-corrected chi connectivity index (χ0v) is 10.8. The Morgan fingerprint density at radius 2 is 1.88 bits per heavy atom. The van der Waals surface area contributed by atoms with Gasteiger partial charge in [0.05, 0.1) is 7.11 Å². The van der Waals surface area contributed by atoms with Gasteiger partial charge in [-0.3, -0.25) is 0 Å². The van der Waals surface area contributed by atoms with E-state index in [0.29, 0.717) is 0 Å². The van der Waals surface area contributed by atoms with Crippen molar-refractivity contribution >= 4 is 17.9 Å². The van der Waals surface area contributed by atoms with Crippen molar-refractivity contribution in [3.63, 3.8) is 0 Å². The molecule has 0 aliphatic heterocycles. The number of rotatable bonds is 5. The zero-order valence-electron chi connectivity index (χ0n) is 9.98. The molecule has 0 spiro atoms. The Morgan fingerprint density at radius 1 is 1.29 bits per heavy atom. The molecule has 4 nitrogen and oxygen atoms in total. The second-order valence-corrected chi connectivity index (χ2v) is 4.44. The molecule has 2 N–H and O–H groups in total. The Kier molecular flexibility index (Phi) is 4.90. The van der Waals surface area contributed by atoms with Crippen LogP contribution in [-0.4, -0.2) is 18.2 Å². The van der Waals surface area contributed by atoms with Crippen LogP contribution in [0.5, 0.6) is 5.75 Å². The van der Waals surface area contributed by atoms with Crippen molar-refractivity contribution in [2.24, 2.45) is 0 Å². The van der Waals surface area contributed by atoms with E-state index in [1.54, 1.807) is 21.0 Å². The molecule has 0 aliphatic carbocycles. The van der Waals surface area contributed by atoms with Crippen molar-refractivity contribution in [2.45, 2.75) is 18.7 Å². The van der Waals surface area contributed by atoms with Crippen molar-refractivity contribution in [2.75, 3.05) is 7.11 Å². The third kappa shape index (κ3) is 4.03. The molecule has 1 aromatic carbocycles. The maximum atomic E-state index is 10.9. The molecular formula is C12H15NO3S. The molecule has 0 unspecified atom stereocenters.